The second-order valence-electron chi connectivity index (χ2n) is 7.41. The van der Waals surface area contributed by atoms with Crippen LogP contribution < -0.4 is 11.5 Å². The van der Waals surface area contributed by atoms with Crippen LogP contribution in [0.1, 0.15) is 37.1 Å². The Kier molecular flexibility index (Phi) is 9.07. The van der Waals surface area contributed by atoms with E-state index < -0.39 is 35.8 Å². The molecular weight excluding hydrogens is 428 g/mol. The van der Waals surface area contributed by atoms with E-state index in [2.05, 4.69) is 14.7 Å². The van der Waals surface area contributed by atoms with Crippen LogP contribution in [0.2, 0.25) is 0 Å². The molecule has 1 amide bonds. The van der Waals surface area contributed by atoms with Gasteiger partial charge in [-0.1, -0.05) is 41.9 Å². The van der Waals surface area contributed by atoms with Gasteiger partial charge in [0.25, 0.3) is 0 Å². The molecule has 3 atom stereocenters. The van der Waals surface area contributed by atoms with E-state index in [1.807, 2.05) is 30.3 Å². The smallest absolute Gasteiger partial charge is 0.438 e. The number of carbonyl (C=O) groups excluding carboxylic acids is 1. The molecule has 0 spiro atoms. The van der Waals surface area contributed by atoms with Crippen molar-refractivity contribution < 1.29 is 24.0 Å². The summed E-state index contributed by atoms with van der Waals surface area (Å²) in [5, 5.41) is 13.4. The number of hydrogen-bond acceptors (Lipinski definition) is 7. The monoisotopic (exact) mass is 454 g/mol. The maximum atomic E-state index is 12.6. The standard InChI is InChI=1S/C20H26N4O6.ClH/c21-15-10-11-24(20(28)29-12-13-6-2-1-3-7-13)17(15)14(18(25)26)8-4-5-9-16-22-19(27)30-23-16;/h1-3,6-7,14-15,17H,4-5,8-12,21H2,(H,25,26)(H,22,23,27);1H. The molecule has 2 aromatic rings. The van der Waals surface area contributed by atoms with Crippen LogP contribution in [0.4, 0.5) is 4.79 Å². The first kappa shape index (κ1) is 24.4. The number of carbonyl (C=O) groups is 2. The summed E-state index contributed by atoms with van der Waals surface area (Å²) in [6.07, 6.45) is 1.97. The summed E-state index contributed by atoms with van der Waals surface area (Å²) in [5.41, 5.74) is 7.03. The number of halogens is 1. The van der Waals surface area contributed by atoms with Crippen LogP contribution >= 0.6 is 12.4 Å². The third-order valence-electron chi connectivity index (χ3n) is 5.33. The number of aromatic nitrogens is 2. The van der Waals surface area contributed by atoms with Gasteiger partial charge in [0.1, 0.15) is 6.61 Å². The lowest BCUT2D eigenvalue weighted by Crippen LogP contribution is -2.49. The molecule has 10 nitrogen and oxygen atoms in total. The quantitative estimate of drug-likeness (QED) is 0.486. The van der Waals surface area contributed by atoms with E-state index in [9.17, 15) is 19.5 Å². The Morgan fingerprint density at radius 2 is 2.06 bits per heavy atom. The van der Waals surface area contributed by atoms with E-state index in [0.29, 0.717) is 44.5 Å². The van der Waals surface area contributed by atoms with Crippen LogP contribution in [0.25, 0.3) is 0 Å². The molecule has 1 saturated heterocycles. The van der Waals surface area contributed by atoms with Crippen molar-refractivity contribution >= 4 is 24.5 Å². The van der Waals surface area contributed by atoms with E-state index in [1.54, 1.807) is 0 Å². The molecular formula is C20H27ClN4O6. The van der Waals surface area contributed by atoms with Crippen LogP contribution in [0, 0.1) is 5.92 Å². The Balaban J connectivity index is 0.00000341. The van der Waals surface area contributed by atoms with Gasteiger partial charge in [-0.2, -0.15) is 0 Å². The number of aromatic amines is 1. The number of rotatable bonds is 9. The molecule has 1 aromatic carbocycles. The zero-order valence-corrected chi connectivity index (χ0v) is 17.8. The van der Waals surface area contributed by atoms with Crippen LogP contribution in [0.15, 0.2) is 39.6 Å². The molecule has 2 heterocycles. The molecule has 0 saturated carbocycles. The largest absolute Gasteiger partial charge is 0.481 e. The van der Waals surface area contributed by atoms with Gasteiger partial charge in [0, 0.05) is 19.0 Å². The van der Waals surface area contributed by atoms with Gasteiger partial charge in [-0.25, -0.2) is 9.59 Å². The van der Waals surface area contributed by atoms with E-state index in [-0.39, 0.29) is 19.0 Å². The van der Waals surface area contributed by atoms with E-state index in [0.717, 1.165) is 5.56 Å². The first-order chi connectivity index (χ1) is 14.5. The highest BCUT2D eigenvalue weighted by Crippen LogP contribution is 2.28. The Morgan fingerprint density at radius 3 is 2.71 bits per heavy atom. The van der Waals surface area contributed by atoms with Gasteiger partial charge in [-0.3, -0.25) is 14.3 Å². The molecule has 31 heavy (non-hydrogen) atoms. The Bertz CT molecular complexity index is 902. The third kappa shape index (κ3) is 6.56. The number of aryl methyl sites for hydroxylation is 1. The van der Waals surface area contributed by atoms with E-state index >= 15 is 0 Å². The Labute approximate surface area is 185 Å². The second kappa shape index (κ2) is 11.5. The van der Waals surface area contributed by atoms with Gasteiger partial charge in [0.05, 0.1) is 12.0 Å². The van der Waals surface area contributed by atoms with Crippen molar-refractivity contribution in [2.24, 2.45) is 11.7 Å². The van der Waals surface area contributed by atoms with Crippen LogP contribution in [0.5, 0.6) is 0 Å². The number of nitrogens with one attached hydrogen (secondary N) is 1. The molecule has 4 N–H and O–H groups in total. The summed E-state index contributed by atoms with van der Waals surface area (Å²) < 4.78 is 9.83. The normalized spacial score (nSPS) is 18.9. The molecule has 1 aliphatic heterocycles. The number of aliphatic carboxylic acids is 1. The van der Waals surface area contributed by atoms with Crippen molar-refractivity contribution in [1.29, 1.82) is 0 Å². The number of unbranched alkanes of at least 4 members (excludes halogenated alkanes) is 1. The second-order valence-corrected chi connectivity index (χ2v) is 7.41. The Morgan fingerprint density at radius 1 is 1.32 bits per heavy atom. The number of benzene rings is 1. The summed E-state index contributed by atoms with van der Waals surface area (Å²) in [7, 11) is 0. The summed E-state index contributed by atoms with van der Waals surface area (Å²) in [6.45, 7) is 0.481. The number of hydrogen-bond donors (Lipinski definition) is 3. The number of likely N-dealkylation sites (tertiary alicyclic amines) is 1. The zero-order chi connectivity index (χ0) is 21.5. The van der Waals surface area contributed by atoms with Gasteiger partial charge < -0.3 is 20.5 Å². The van der Waals surface area contributed by atoms with Gasteiger partial charge in [-0.05, 0) is 24.8 Å². The van der Waals surface area contributed by atoms with Crippen molar-refractivity contribution in [2.45, 2.75) is 50.8 Å². The minimum atomic E-state index is -0.993. The summed E-state index contributed by atoms with van der Waals surface area (Å²) in [6, 6.07) is 8.23. The molecule has 3 unspecified atom stereocenters. The van der Waals surface area contributed by atoms with Crippen LogP contribution in [-0.4, -0.2) is 50.8 Å². The molecule has 0 bridgehead atoms. The maximum absolute atomic E-state index is 12.6. The third-order valence-corrected chi connectivity index (χ3v) is 5.33. The molecule has 1 aliphatic rings. The molecule has 1 aromatic heterocycles. The maximum Gasteiger partial charge on any atom is 0.438 e. The highest BCUT2D eigenvalue weighted by Gasteiger charge is 2.43. The fourth-order valence-corrected chi connectivity index (χ4v) is 3.84. The summed E-state index contributed by atoms with van der Waals surface area (Å²) in [5.74, 6) is -1.98. The van der Waals surface area contributed by atoms with Gasteiger partial charge in [-0.15, -0.1) is 12.4 Å². The minimum absolute atomic E-state index is 0. The summed E-state index contributed by atoms with van der Waals surface area (Å²) in [4.78, 5) is 39.4. The number of nitrogens with zero attached hydrogens (tertiary/aromatic N) is 2. The first-order valence-corrected chi connectivity index (χ1v) is 9.96. The van der Waals surface area contributed by atoms with Gasteiger partial charge in [0.15, 0.2) is 5.82 Å². The topological polar surface area (TPSA) is 152 Å². The lowest BCUT2D eigenvalue weighted by Gasteiger charge is -2.31. The van der Waals surface area contributed by atoms with Crippen LogP contribution in [0.3, 0.4) is 0 Å². The molecule has 3 rings (SSSR count). The highest BCUT2D eigenvalue weighted by molar-refractivity contribution is 5.85. The number of amides is 1. The van der Waals surface area contributed by atoms with Gasteiger partial charge in [0.2, 0.25) is 0 Å². The van der Waals surface area contributed by atoms with Crippen molar-refractivity contribution in [2.75, 3.05) is 6.54 Å². The number of carboxylic acid groups (broad SMARTS) is 1. The average molecular weight is 455 g/mol. The predicted molar refractivity (Wildman–Crippen MR) is 113 cm³/mol. The number of H-pyrrole nitrogens is 1. The fraction of sp³-hybridized carbons (Fsp3) is 0.500. The molecule has 0 aliphatic carbocycles. The van der Waals surface area contributed by atoms with Crippen LogP contribution in [-0.2, 0) is 22.6 Å². The SMILES string of the molecule is Cl.NC1CCN(C(=O)OCc2ccccc2)C1C(CCCCc1noc(=O)[nH]1)C(=O)O. The van der Waals surface area contributed by atoms with Gasteiger partial charge >= 0.3 is 17.8 Å². The van der Waals surface area contributed by atoms with Crippen molar-refractivity contribution in [3.8, 4) is 0 Å². The number of nitrogens with two attached hydrogens (primary N) is 1. The van der Waals surface area contributed by atoms with Crippen molar-refractivity contribution in [1.82, 2.24) is 15.0 Å². The predicted octanol–water partition coefficient (Wildman–Crippen LogP) is 1.94. The first-order valence-electron chi connectivity index (χ1n) is 9.96. The average Bonchev–Trinajstić information content (AvgIpc) is 3.32. The lowest BCUT2D eigenvalue weighted by atomic mass is 9.89. The van der Waals surface area contributed by atoms with Crippen molar-refractivity contribution in [3.05, 3.63) is 52.3 Å². The number of ether oxygens (including phenoxy) is 1. The van der Waals surface area contributed by atoms with E-state index in [1.165, 1.54) is 4.90 Å². The minimum Gasteiger partial charge on any atom is -0.481 e. The highest BCUT2D eigenvalue weighted by atomic mass is 35.5. The number of carboxylic acids is 1. The molecule has 170 valence electrons. The molecule has 0 radical (unpaired) electrons. The lowest BCUT2D eigenvalue weighted by molar-refractivity contribution is -0.144. The summed E-state index contributed by atoms with van der Waals surface area (Å²) >= 11 is 0. The van der Waals surface area contributed by atoms with Crippen molar-refractivity contribution in [3.63, 3.8) is 0 Å². The zero-order valence-electron chi connectivity index (χ0n) is 16.9. The molecule has 1 fully saturated rings. The Hall–Kier alpha value is -2.85. The van der Waals surface area contributed by atoms with E-state index in [4.69, 9.17) is 10.5 Å². The molecule has 11 heteroatoms. The fourth-order valence-electron chi connectivity index (χ4n) is 3.84.